The van der Waals surface area contributed by atoms with Crippen LogP contribution in [0.1, 0.15) is 26.3 Å². The van der Waals surface area contributed by atoms with E-state index in [4.69, 9.17) is 0 Å². The Morgan fingerprint density at radius 1 is 1.00 bits per heavy atom. The van der Waals surface area contributed by atoms with E-state index in [2.05, 4.69) is 10.6 Å². The summed E-state index contributed by atoms with van der Waals surface area (Å²) in [4.78, 5) is 39.1. The Hall–Kier alpha value is -2.57. The van der Waals surface area contributed by atoms with Gasteiger partial charge in [-0.1, -0.05) is 19.9 Å². The standard InChI is InChI=1S/C18H26N4O3/c1-12(2)17(24)19-15-6-5-13(3)16(11-15)20-18(25)22-9-7-21(8-10-22)14(4)23/h5-6,11-12H,7-10H2,1-4H3,(H,19,24)(H,20,25). The summed E-state index contributed by atoms with van der Waals surface area (Å²) < 4.78 is 0. The van der Waals surface area contributed by atoms with Crippen molar-refractivity contribution >= 4 is 29.2 Å². The zero-order valence-electron chi connectivity index (χ0n) is 15.3. The summed E-state index contributed by atoms with van der Waals surface area (Å²) in [5.41, 5.74) is 2.24. The van der Waals surface area contributed by atoms with Crippen molar-refractivity contribution in [2.45, 2.75) is 27.7 Å². The summed E-state index contributed by atoms with van der Waals surface area (Å²) in [5, 5.41) is 5.73. The molecule has 2 rings (SSSR count). The molecule has 1 saturated heterocycles. The van der Waals surface area contributed by atoms with Gasteiger partial charge in [-0.25, -0.2) is 4.79 Å². The smallest absolute Gasteiger partial charge is 0.321 e. The van der Waals surface area contributed by atoms with E-state index in [0.29, 0.717) is 37.6 Å². The lowest BCUT2D eigenvalue weighted by molar-refractivity contribution is -0.130. The first kappa shape index (κ1) is 18.8. The minimum Gasteiger partial charge on any atom is -0.339 e. The molecule has 1 aliphatic heterocycles. The van der Waals surface area contributed by atoms with Crippen molar-refractivity contribution in [1.29, 1.82) is 0 Å². The second-order valence-corrected chi connectivity index (χ2v) is 6.60. The average Bonchev–Trinajstić information content (AvgIpc) is 2.57. The van der Waals surface area contributed by atoms with Gasteiger partial charge in [0.15, 0.2) is 0 Å². The highest BCUT2D eigenvalue weighted by molar-refractivity contribution is 5.95. The van der Waals surface area contributed by atoms with Crippen LogP contribution in [0.4, 0.5) is 16.2 Å². The van der Waals surface area contributed by atoms with Crippen LogP contribution in [-0.2, 0) is 9.59 Å². The number of nitrogens with one attached hydrogen (secondary N) is 2. The van der Waals surface area contributed by atoms with Gasteiger partial charge in [0.25, 0.3) is 0 Å². The third-order valence-corrected chi connectivity index (χ3v) is 4.28. The fourth-order valence-electron chi connectivity index (χ4n) is 2.54. The first-order chi connectivity index (χ1) is 11.8. The molecule has 1 aromatic carbocycles. The van der Waals surface area contributed by atoms with Crippen molar-refractivity contribution in [2.75, 3.05) is 36.8 Å². The van der Waals surface area contributed by atoms with Gasteiger partial charge in [0, 0.05) is 50.4 Å². The fourth-order valence-corrected chi connectivity index (χ4v) is 2.54. The Bertz CT molecular complexity index is 664. The van der Waals surface area contributed by atoms with E-state index in [0.717, 1.165) is 5.56 Å². The summed E-state index contributed by atoms with van der Waals surface area (Å²) in [7, 11) is 0. The maximum atomic E-state index is 12.5. The fraction of sp³-hybridized carbons (Fsp3) is 0.500. The van der Waals surface area contributed by atoms with Crippen LogP contribution in [0.2, 0.25) is 0 Å². The highest BCUT2D eigenvalue weighted by Gasteiger charge is 2.22. The normalized spacial score (nSPS) is 14.4. The van der Waals surface area contributed by atoms with E-state index >= 15 is 0 Å². The van der Waals surface area contributed by atoms with Gasteiger partial charge < -0.3 is 20.4 Å². The van der Waals surface area contributed by atoms with E-state index < -0.39 is 0 Å². The number of anilines is 2. The lowest BCUT2D eigenvalue weighted by Crippen LogP contribution is -2.51. The van der Waals surface area contributed by atoms with Crippen LogP contribution in [0.15, 0.2) is 18.2 Å². The summed E-state index contributed by atoms with van der Waals surface area (Å²) in [6.07, 6.45) is 0. The number of hydrogen-bond donors (Lipinski definition) is 2. The first-order valence-corrected chi connectivity index (χ1v) is 8.51. The number of piperazine rings is 1. The quantitative estimate of drug-likeness (QED) is 0.881. The van der Waals surface area contributed by atoms with Gasteiger partial charge in [-0.3, -0.25) is 9.59 Å². The van der Waals surface area contributed by atoms with Gasteiger partial charge in [0.1, 0.15) is 0 Å². The van der Waals surface area contributed by atoms with Crippen molar-refractivity contribution in [1.82, 2.24) is 9.80 Å². The van der Waals surface area contributed by atoms with Gasteiger partial charge >= 0.3 is 6.03 Å². The Morgan fingerprint density at radius 3 is 2.16 bits per heavy atom. The molecule has 0 bridgehead atoms. The SMILES string of the molecule is CC(=O)N1CCN(C(=O)Nc2cc(NC(=O)C(C)C)ccc2C)CC1. The van der Waals surface area contributed by atoms with Crippen molar-refractivity contribution in [3.63, 3.8) is 0 Å². The number of carbonyl (C=O) groups excluding carboxylic acids is 3. The largest absolute Gasteiger partial charge is 0.339 e. The summed E-state index contributed by atoms with van der Waals surface area (Å²) >= 11 is 0. The highest BCUT2D eigenvalue weighted by atomic mass is 16.2. The Kier molecular flexibility index (Phi) is 6.01. The molecule has 7 nitrogen and oxygen atoms in total. The van der Waals surface area contributed by atoms with Gasteiger partial charge in [0.05, 0.1) is 0 Å². The van der Waals surface area contributed by atoms with E-state index in [1.54, 1.807) is 15.9 Å². The van der Waals surface area contributed by atoms with Crippen LogP contribution >= 0.6 is 0 Å². The van der Waals surface area contributed by atoms with Crippen LogP contribution in [0.3, 0.4) is 0 Å². The van der Waals surface area contributed by atoms with Gasteiger partial charge in [-0.05, 0) is 24.6 Å². The monoisotopic (exact) mass is 346 g/mol. The van der Waals surface area contributed by atoms with Gasteiger partial charge in [-0.2, -0.15) is 0 Å². The Balaban J connectivity index is 2.00. The van der Waals surface area contributed by atoms with Crippen LogP contribution in [0.25, 0.3) is 0 Å². The highest BCUT2D eigenvalue weighted by Crippen LogP contribution is 2.21. The minimum absolute atomic E-state index is 0.0319. The lowest BCUT2D eigenvalue weighted by atomic mass is 10.1. The van der Waals surface area contributed by atoms with E-state index in [1.807, 2.05) is 32.9 Å². The molecule has 1 fully saturated rings. The summed E-state index contributed by atoms with van der Waals surface area (Å²) in [6.45, 7) is 9.20. The first-order valence-electron chi connectivity index (χ1n) is 8.51. The number of carbonyl (C=O) groups is 3. The van der Waals surface area contributed by atoms with Crippen molar-refractivity contribution in [3.05, 3.63) is 23.8 Å². The predicted molar refractivity (Wildman–Crippen MR) is 97.5 cm³/mol. The van der Waals surface area contributed by atoms with Crippen LogP contribution in [-0.4, -0.2) is 53.8 Å². The molecule has 2 N–H and O–H groups in total. The molecule has 0 aromatic heterocycles. The third-order valence-electron chi connectivity index (χ3n) is 4.28. The number of hydrogen-bond acceptors (Lipinski definition) is 3. The number of amides is 4. The molecule has 0 saturated carbocycles. The Morgan fingerprint density at radius 2 is 1.60 bits per heavy atom. The van der Waals surface area contributed by atoms with E-state index in [1.165, 1.54) is 6.92 Å². The van der Waals surface area contributed by atoms with Crippen molar-refractivity contribution in [3.8, 4) is 0 Å². The molecule has 1 aliphatic rings. The van der Waals surface area contributed by atoms with Gasteiger partial charge in [0.2, 0.25) is 11.8 Å². The lowest BCUT2D eigenvalue weighted by Gasteiger charge is -2.34. The molecule has 25 heavy (non-hydrogen) atoms. The molecule has 4 amide bonds. The van der Waals surface area contributed by atoms with Crippen LogP contribution in [0, 0.1) is 12.8 Å². The zero-order chi connectivity index (χ0) is 18.6. The predicted octanol–water partition coefficient (Wildman–Crippen LogP) is 2.29. The number of urea groups is 1. The third kappa shape index (κ3) is 4.95. The molecule has 136 valence electrons. The molecule has 0 radical (unpaired) electrons. The maximum absolute atomic E-state index is 12.5. The molecule has 0 unspecified atom stereocenters. The zero-order valence-corrected chi connectivity index (χ0v) is 15.3. The number of aryl methyl sites for hydroxylation is 1. The number of rotatable bonds is 3. The van der Waals surface area contributed by atoms with Crippen LogP contribution in [0.5, 0.6) is 0 Å². The van der Waals surface area contributed by atoms with Crippen molar-refractivity contribution in [2.24, 2.45) is 5.92 Å². The van der Waals surface area contributed by atoms with Crippen LogP contribution < -0.4 is 10.6 Å². The molecule has 1 aromatic rings. The number of nitrogens with zero attached hydrogens (tertiary/aromatic N) is 2. The van der Waals surface area contributed by atoms with E-state index in [-0.39, 0.29) is 23.8 Å². The molecule has 0 aliphatic carbocycles. The van der Waals surface area contributed by atoms with E-state index in [9.17, 15) is 14.4 Å². The second kappa shape index (κ2) is 8.00. The topological polar surface area (TPSA) is 81.8 Å². The van der Waals surface area contributed by atoms with Crippen molar-refractivity contribution < 1.29 is 14.4 Å². The molecule has 7 heteroatoms. The second-order valence-electron chi connectivity index (χ2n) is 6.60. The van der Waals surface area contributed by atoms with Gasteiger partial charge in [-0.15, -0.1) is 0 Å². The average molecular weight is 346 g/mol. The number of benzene rings is 1. The molecule has 1 heterocycles. The maximum Gasteiger partial charge on any atom is 0.321 e. The molecule has 0 spiro atoms. The summed E-state index contributed by atoms with van der Waals surface area (Å²) in [6, 6.07) is 5.24. The minimum atomic E-state index is -0.196. The molecular formula is C18H26N4O3. The summed E-state index contributed by atoms with van der Waals surface area (Å²) in [5.74, 6) is -0.150. The molecular weight excluding hydrogens is 320 g/mol. The molecule has 0 atom stereocenters. The Labute approximate surface area is 148 Å².